The summed E-state index contributed by atoms with van der Waals surface area (Å²) in [4.78, 5) is 11.5. The van der Waals surface area contributed by atoms with Crippen molar-refractivity contribution >= 4 is 22.7 Å². The van der Waals surface area contributed by atoms with Crippen LogP contribution in [0.1, 0.15) is 6.92 Å². The molecule has 194 valence electrons. The minimum Gasteiger partial charge on any atom is -0.479 e. The van der Waals surface area contributed by atoms with E-state index in [2.05, 4.69) is 20.3 Å². The molecule has 0 saturated carbocycles. The van der Waals surface area contributed by atoms with Gasteiger partial charge in [0.1, 0.15) is 29.8 Å². The molecule has 4 aromatic rings. The molecule has 0 saturated heterocycles. The summed E-state index contributed by atoms with van der Waals surface area (Å²) in [6, 6.07) is 12.8. The number of rotatable bonds is 7. The number of hydrogen-bond acceptors (Lipinski definition) is 8. The fourth-order valence-corrected chi connectivity index (χ4v) is 3.92. The minimum absolute atomic E-state index is 0.0654. The number of halogens is 2. The number of aliphatic hydroxyl groups is 1. The lowest BCUT2D eigenvalue weighted by atomic mass is 9.93. The second-order valence-corrected chi connectivity index (χ2v) is 9.08. The number of fused-ring (bicyclic) bond motifs is 1. The van der Waals surface area contributed by atoms with Gasteiger partial charge in [-0.1, -0.05) is 19.1 Å². The van der Waals surface area contributed by atoms with Gasteiger partial charge in [-0.15, -0.1) is 0 Å². The Morgan fingerprint density at radius 3 is 2.63 bits per heavy atom. The van der Waals surface area contributed by atoms with Crippen LogP contribution in [-0.2, 0) is 4.74 Å². The zero-order valence-corrected chi connectivity index (χ0v) is 20.3. The number of ether oxygens (including phenoxy) is 3. The topological polar surface area (TPSA) is 125 Å². The van der Waals surface area contributed by atoms with E-state index in [-0.39, 0.29) is 37.3 Å². The highest BCUT2D eigenvalue weighted by atomic mass is 19.1. The molecule has 1 aliphatic rings. The molecule has 0 radical (unpaired) electrons. The number of hydrogen-bond donors (Lipinski definition) is 3. The molecule has 0 unspecified atom stereocenters. The molecule has 2 aromatic heterocycles. The van der Waals surface area contributed by atoms with Gasteiger partial charge in [-0.2, -0.15) is 5.26 Å². The van der Waals surface area contributed by atoms with Crippen molar-refractivity contribution in [1.82, 2.24) is 9.97 Å². The summed E-state index contributed by atoms with van der Waals surface area (Å²) in [5.74, 6) is -1.68. The number of nitrogens with one attached hydrogen (secondary N) is 2. The predicted octanol–water partition coefficient (Wildman–Crippen LogP) is 5.00. The van der Waals surface area contributed by atoms with Crippen molar-refractivity contribution in [3.8, 4) is 34.4 Å². The molecule has 3 N–H and O–H groups in total. The number of aliphatic imine (C=N–C) groups is 1. The maximum Gasteiger partial charge on any atom is 0.289 e. The Hall–Kier alpha value is -4.69. The van der Waals surface area contributed by atoms with Gasteiger partial charge in [-0.05, 0) is 23.8 Å². The van der Waals surface area contributed by atoms with E-state index in [0.29, 0.717) is 28.9 Å². The fourth-order valence-electron chi connectivity index (χ4n) is 3.92. The van der Waals surface area contributed by atoms with E-state index in [1.807, 2.05) is 13.0 Å². The number of H-pyrrole nitrogens is 1. The summed E-state index contributed by atoms with van der Waals surface area (Å²) in [5.41, 5.74) is 1.56. The van der Waals surface area contributed by atoms with Crippen molar-refractivity contribution in [2.24, 2.45) is 10.4 Å². The van der Waals surface area contributed by atoms with E-state index in [9.17, 15) is 5.11 Å². The lowest BCUT2D eigenvalue weighted by Crippen LogP contribution is -2.38. The van der Waals surface area contributed by atoms with E-state index in [1.54, 1.807) is 30.5 Å². The van der Waals surface area contributed by atoms with Crippen molar-refractivity contribution in [2.45, 2.75) is 6.92 Å². The van der Waals surface area contributed by atoms with Crippen LogP contribution >= 0.6 is 0 Å². The van der Waals surface area contributed by atoms with E-state index < -0.39 is 22.8 Å². The number of amidine groups is 1. The second kappa shape index (κ2) is 10.4. The molecule has 0 spiro atoms. The van der Waals surface area contributed by atoms with Crippen LogP contribution in [0.25, 0.3) is 22.2 Å². The van der Waals surface area contributed by atoms with Crippen LogP contribution in [0.3, 0.4) is 0 Å². The van der Waals surface area contributed by atoms with Gasteiger partial charge in [0.15, 0.2) is 24.0 Å². The highest BCUT2D eigenvalue weighted by molar-refractivity contribution is 5.98. The highest BCUT2D eigenvalue weighted by Gasteiger charge is 2.29. The SMILES string of the molecule is C[C@]1(CO)CN=C(Nc2cc(F)c(Oc3ccnc4[nH]cc(-c5ccc(OCC#N)cc5)c34)c(F)c2)OC1. The maximum atomic E-state index is 15.0. The van der Waals surface area contributed by atoms with Gasteiger partial charge in [0.25, 0.3) is 6.02 Å². The van der Waals surface area contributed by atoms with Gasteiger partial charge in [0.2, 0.25) is 0 Å². The average Bonchev–Trinajstić information content (AvgIpc) is 3.36. The summed E-state index contributed by atoms with van der Waals surface area (Å²) >= 11 is 0. The molecular formula is C27H23F2N5O4. The Morgan fingerprint density at radius 2 is 1.97 bits per heavy atom. The third-order valence-electron chi connectivity index (χ3n) is 6.01. The van der Waals surface area contributed by atoms with Crippen LogP contribution in [0.2, 0.25) is 0 Å². The molecule has 38 heavy (non-hydrogen) atoms. The Bertz CT molecular complexity index is 1520. The first-order valence-corrected chi connectivity index (χ1v) is 11.7. The molecule has 0 aliphatic carbocycles. The number of aromatic nitrogens is 2. The second-order valence-electron chi connectivity index (χ2n) is 9.08. The normalized spacial score (nSPS) is 16.9. The molecule has 0 fully saturated rings. The zero-order valence-electron chi connectivity index (χ0n) is 20.3. The molecular weight excluding hydrogens is 496 g/mol. The van der Waals surface area contributed by atoms with Crippen LogP contribution in [0, 0.1) is 28.4 Å². The highest BCUT2D eigenvalue weighted by Crippen LogP contribution is 2.39. The third-order valence-corrected chi connectivity index (χ3v) is 6.01. The first-order valence-electron chi connectivity index (χ1n) is 11.7. The third kappa shape index (κ3) is 5.07. The van der Waals surface area contributed by atoms with Crippen LogP contribution in [0.5, 0.6) is 17.2 Å². The predicted molar refractivity (Wildman–Crippen MR) is 136 cm³/mol. The van der Waals surface area contributed by atoms with E-state index >= 15 is 8.78 Å². The number of benzene rings is 2. The van der Waals surface area contributed by atoms with Gasteiger partial charge in [-0.3, -0.25) is 0 Å². The number of anilines is 1. The maximum absolute atomic E-state index is 15.0. The lowest BCUT2D eigenvalue weighted by molar-refractivity contribution is 0.0706. The van der Waals surface area contributed by atoms with Gasteiger partial charge < -0.3 is 29.6 Å². The van der Waals surface area contributed by atoms with Crippen molar-refractivity contribution in [3.05, 3.63) is 66.5 Å². The smallest absolute Gasteiger partial charge is 0.289 e. The molecule has 1 atom stereocenters. The standard InChI is InChI=1S/C27H23F2N5O4/c1-27(14-35)13-33-26(37-15-27)34-17-10-20(28)24(21(29)11-17)38-22-6-8-31-25-23(22)19(12-32-25)16-2-4-18(5-3-16)36-9-7-30/h2-6,8,10-12,35H,9,13-15H2,1H3,(H,31,32)(H,33,34)/t27-/m1/s1. The number of aliphatic hydroxyl groups excluding tert-OH is 1. The first kappa shape index (κ1) is 25.0. The summed E-state index contributed by atoms with van der Waals surface area (Å²) in [5, 5.41) is 21.4. The minimum atomic E-state index is -0.926. The summed E-state index contributed by atoms with van der Waals surface area (Å²) in [6.45, 7) is 2.19. The molecule has 0 amide bonds. The largest absolute Gasteiger partial charge is 0.479 e. The van der Waals surface area contributed by atoms with Gasteiger partial charge in [-0.25, -0.2) is 18.8 Å². The fraction of sp³-hybridized carbons (Fsp3) is 0.222. The Kier molecular flexibility index (Phi) is 6.81. The van der Waals surface area contributed by atoms with E-state index in [4.69, 9.17) is 19.5 Å². The number of nitriles is 1. The van der Waals surface area contributed by atoms with Crippen molar-refractivity contribution in [3.63, 3.8) is 0 Å². The average molecular weight is 520 g/mol. The van der Waals surface area contributed by atoms with E-state index in [1.165, 1.54) is 12.3 Å². The summed E-state index contributed by atoms with van der Waals surface area (Å²) in [7, 11) is 0. The quantitative estimate of drug-likeness (QED) is 0.314. The number of aromatic amines is 1. The molecule has 9 nitrogen and oxygen atoms in total. The monoisotopic (exact) mass is 519 g/mol. The molecule has 1 aliphatic heterocycles. The molecule has 11 heteroatoms. The molecule has 5 rings (SSSR count). The Balaban J connectivity index is 1.41. The van der Waals surface area contributed by atoms with Crippen molar-refractivity contribution in [1.29, 1.82) is 5.26 Å². The van der Waals surface area contributed by atoms with Gasteiger partial charge in [0, 0.05) is 41.2 Å². The molecule has 2 aromatic carbocycles. The van der Waals surface area contributed by atoms with Gasteiger partial charge in [0.05, 0.1) is 18.5 Å². The number of pyridine rings is 1. The van der Waals surface area contributed by atoms with Crippen LogP contribution in [-0.4, -0.2) is 47.5 Å². The van der Waals surface area contributed by atoms with Crippen LogP contribution < -0.4 is 14.8 Å². The lowest BCUT2D eigenvalue weighted by Gasteiger charge is -2.30. The molecule has 0 bridgehead atoms. The summed E-state index contributed by atoms with van der Waals surface area (Å²) < 4.78 is 46.6. The van der Waals surface area contributed by atoms with Gasteiger partial charge >= 0.3 is 0 Å². The number of nitrogens with zero attached hydrogens (tertiary/aromatic N) is 3. The molecule has 3 heterocycles. The summed E-state index contributed by atoms with van der Waals surface area (Å²) in [6.07, 6.45) is 3.20. The first-order chi connectivity index (χ1) is 18.4. The van der Waals surface area contributed by atoms with Crippen LogP contribution in [0.15, 0.2) is 59.9 Å². The zero-order chi connectivity index (χ0) is 26.7. The van der Waals surface area contributed by atoms with Crippen molar-refractivity contribution in [2.75, 3.05) is 31.7 Å². The van der Waals surface area contributed by atoms with E-state index in [0.717, 1.165) is 17.7 Å². The van der Waals surface area contributed by atoms with Crippen molar-refractivity contribution < 1.29 is 28.1 Å². The van der Waals surface area contributed by atoms with Crippen LogP contribution in [0.4, 0.5) is 14.5 Å². The Morgan fingerprint density at radius 1 is 1.21 bits per heavy atom. The Labute approximate surface area is 216 Å².